The van der Waals surface area contributed by atoms with Crippen molar-refractivity contribution < 1.29 is 25.8 Å². The number of aromatic nitrogens is 4. The van der Waals surface area contributed by atoms with Crippen molar-refractivity contribution in [1.82, 2.24) is 19.7 Å². The van der Waals surface area contributed by atoms with E-state index in [1.807, 2.05) is 42.6 Å². The maximum atomic E-state index is 6.44. The SMILES string of the molecule is CC(C)(C)c1ccc2c(c1)C(c1[c-]c(Oc3[c-]c(-n4cncn4)ccc3)ccc1)(c1ccccn1)c1cc(C(C)(C)C)ccc1-2.[Pt+2]. The Kier molecular flexibility index (Phi) is 8.11. The maximum Gasteiger partial charge on any atom is 2.00 e. The third-order valence-electron chi connectivity index (χ3n) is 8.73. The van der Waals surface area contributed by atoms with Crippen LogP contribution in [0.3, 0.4) is 0 Å². The van der Waals surface area contributed by atoms with Crippen LogP contribution in [0.4, 0.5) is 0 Å². The number of benzene rings is 4. The first-order valence-electron chi connectivity index (χ1n) is 15.3. The van der Waals surface area contributed by atoms with Gasteiger partial charge in [-0.05, 0) is 62.0 Å². The summed E-state index contributed by atoms with van der Waals surface area (Å²) in [6.07, 6.45) is 5.04. The number of fused-ring (bicyclic) bond motifs is 3. The molecular formula is C40H36N4OPt. The summed E-state index contributed by atoms with van der Waals surface area (Å²) in [5.74, 6) is 1.17. The molecule has 46 heavy (non-hydrogen) atoms. The van der Waals surface area contributed by atoms with Crippen molar-refractivity contribution in [3.05, 3.63) is 155 Å². The fourth-order valence-electron chi connectivity index (χ4n) is 6.35. The van der Waals surface area contributed by atoms with E-state index in [1.165, 1.54) is 39.7 Å². The van der Waals surface area contributed by atoms with Crippen molar-refractivity contribution in [3.8, 4) is 28.3 Å². The number of hydrogen-bond donors (Lipinski definition) is 0. The summed E-state index contributed by atoms with van der Waals surface area (Å²) in [5, 5.41) is 4.24. The van der Waals surface area contributed by atoms with Crippen LogP contribution in [0.25, 0.3) is 16.8 Å². The zero-order valence-corrected chi connectivity index (χ0v) is 29.2. The Morgan fingerprint density at radius 1 is 0.696 bits per heavy atom. The first-order valence-corrected chi connectivity index (χ1v) is 15.3. The van der Waals surface area contributed by atoms with Gasteiger partial charge in [0.1, 0.15) is 12.7 Å². The molecule has 0 saturated carbocycles. The zero-order chi connectivity index (χ0) is 31.4. The number of ether oxygens (including phenoxy) is 1. The van der Waals surface area contributed by atoms with E-state index in [0.29, 0.717) is 11.5 Å². The van der Waals surface area contributed by atoms with Gasteiger partial charge in [-0.25, -0.2) is 9.67 Å². The normalized spacial score (nSPS) is 13.4. The predicted molar refractivity (Wildman–Crippen MR) is 178 cm³/mol. The van der Waals surface area contributed by atoms with Gasteiger partial charge < -0.3 is 4.74 Å². The van der Waals surface area contributed by atoms with E-state index in [9.17, 15) is 0 Å². The molecule has 1 aliphatic rings. The van der Waals surface area contributed by atoms with Crippen molar-refractivity contribution >= 4 is 0 Å². The fraction of sp³-hybridized carbons (Fsp3) is 0.225. The molecule has 2 heterocycles. The van der Waals surface area contributed by atoms with Crippen LogP contribution in [-0.2, 0) is 37.3 Å². The summed E-state index contributed by atoms with van der Waals surface area (Å²) in [5.41, 5.74) is 9.31. The number of rotatable bonds is 5. The van der Waals surface area contributed by atoms with Crippen molar-refractivity contribution in [3.63, 3.8) is 0 Å². The molecule has 5 nitrogen and oxygen atoms in total. The van der Waals surface area contributed by atoms with Crippen LogP contribution < -0.4 is 4.74 Å². The molecule has 7 rings (SSSR count). The first-order chi connectivity index (χ1) is 21.5. The summed E-state index contributed by atoms with van der Waals surface area (Å²) < 4.78 is 8.10. The molecule has 0 amide bonds. The zero-order valence-electron chi connectivity index (χ0n) is 26.9. The molecule has 232 valence electrons. The maximum absolute atomic E-state index is 6.44. The molecule has 0 aliphatic heterocycles. The second-order valence-corrected chi connectivity index (χ2v) is 13.8. The molecule has 0 saturated heterocycles. The van der Waals surface area contributed by atoms with E-state index in [1.54, 1.807) is 11.0 Å². The van der Waals surface area contributed by atoms with E-state index in [0.717, 1.165) is 16.9 Å². The molecule has 0 radical (unpaired) electrons. The first kappa shape index (κ1) is 31.6. The van der Waals surface area contributed by atoms with Gasteiger partial charge in [-0.3, -0.25) is 4.98 Å². The standard InChI is InChI=1S/C40H36N4O.Pt/c1-38(2,3)27-16-18-33-34-19-17-28(39(4,5)6)23-36(34)40(35(33)22-27,37-15-7-8-20-42-37)29-11-9-13-31(21-29)45-32-14-10-12-30(24-32)44-26-41-25-43-44;/h7-20,22-23,25-26H,1-6H3;/q-2;+2. The Morgan fingerprint density at radius 2 is 1.33 bits per heavy atom. The Bertz CT molecular complexity index is 1940. The van der Waals surface area contributed by atoms with Crippen LogP contribution in [0.2, 0.25) is 0 Å². The molecule has 0 atom stereocenters. The topological polar surface area (TPSA) is 52.8 Å². The third-order valence-corrected chi connectivity index (χ3v) is 8.73. The van der Waals surface area contributed by atoms with Crippen molar-refractivity contribution in [2.45, 2.75) is 57.8 Å². The quantitative estimate of drug-likeness (QED) is 0.164. The average Bonchev–Trinajstić information content (AvgIpc) is 3.66. The van der Waals surface area contributed by atoms with Gasteiger partial charge >= 0.3 is 21.1 Å². The molecule has 2 aromatic heterocycles. The number of hydrogen-bond acceptors (Lipinski definition) is 4. The van der Waals surface area contributed by atoms with E-state index in [-0.39, 0.29) is 31.9 Å². The summed E-state index contributed by atoms with van der Waals surface area (Å²) in [6, 6.07) is 39.0. The van der Waals surface area contributed by atoms with E-state index >= 15 is 0 Å². The largest absolute Gasteiger partial charge is 2.00 e. The molecule has 0 spiro atoms. The molecule has 0 unspecified atom stereocenters. The Labute approximate surface area is 286 Å². The van der Waals surface area contributed by atoms with Gasteiger partial charge in [0, 0.05) is 17.7 Å². The second-order valence-electron chi connectivity index (χ2n) is 13.8. The molecule has 0 fully saturated rings. The molecule has 1 aliphatic carbocycles. The Morgan fingerprint density at radius 3 is 1.89 bits per heavy atom. The van der Waals surface area contributed by atoms with Gasteiger partial charge in [0.05, 0.1) is 11.1 Å². The molecule has 6 aromatic rings. The molecule has 4 aromatic carbocycles. The summed E-state index contributed by atoms with van der Waals surface area (Å²) in [4.78, 5) is 9.12. The minimum atomic E-state index is -0.708. The number of nitrogens with zero attached hydrogens (tertiary/aromatic N) is 4. The minimum absolute atomic E-state index is 0. The summed E-state index contributed by atoms with van der Waals surface area (Å²) in [6.45, 7) is 13.6. The van der Waals surface area contributed by atoms with Crippen LogP contribution >= 0.6 is 0 Å². The van der Waals surface area contributed by atoms with Gasteiger partial charge in [0.15, 0.2) is 0 Å². The third kappa shape index (κ3) is 5.41. The van der Waals surface area contributed by atoms with Crippen LogP contribution in [0, 0.1) is 12.1 Å². The van der Waals surface area contributed by atoms with E-state index < -0.39 is 5.41 Å². The molecule has 0 bridgehead atoms. The smallest absolute Gasteiger partial charge is 0.509 e. The summed E-state index contributed by atoms with van der Waals surface area (Å²) in [7, 11) is 0. The van der Waals surface area contributed by atoms with E-state index in [2.05, 4.69) is 118 Å². The molecular weight excluding hydrogens is 748 g/mol. The monoisotopic (exact) mass is 783 g/mol. The second kappa shape index (κ2) is 11.8. The Balaban J connectivity index is 0.00000372. The van der Waals surface area contributed by atoms with Gasteiger partial charge in [-0.1, -0.05) is 84.0 Å². The average molecular weight is 784 g/mol. The van der Waals surface area contributed by atoms with E-state index in [4.69, 9.17) is 9.72 Å². The van der Waals surface area contributed by atoms with Crippen LogP contribution in [0.1, 0.15) is 75.1 Å². The van der Waals surface area contributed by atoms with Crippen molar-refractivity contribution in [1.29, 1.82) is 0 Å². The van der Waals surface area contributed by atoms with Crippen LogP contribution in [0.5, 0.6) is 11.5 Å². The summed E-state index contributed by atoms with van der Waals surface area (Å²) >= 11 is 0. The molecule has 6 heteroatoms. The van der Waals surface area contributed by atoms with Crippen LogP contribution in [-0.4, -0.2) is 19.7 Å². The Hall–Kier alpha value is -4.34. The minimum Gasteiger partial charge on any atom is -0.509 e. The van der Waals surface area contributed by atoms with Crippen LogP contribution in [0.15, 0.2) is 110 Å². The molecule has 0 N–H and O–H groups in total. The fourth-order valence-corrected chi connectivity index (χ4v) is 6.35. The van der Waals surface area contributed by atoms with Gasteiger partial charge in [-0.2, -0.15) is 23.3 Å². The van der Waals surface area contributed by atoms with Gasteiger partial charge in [0.2, 0.25) is 0 Å². The van der Waals surface area contributed by atoms with Crippen molar-refractivity contribution in [2.75, 3.05) is 0 Å². The van der Waals surface area contributed by atoms with Crippen molar-refractivity contribution in [2.24, 2.45) is 0 Å². The number of pyridine rings is 1. The van der Waals surface area contributed by atoms with Gasteiger partial charge in [0.25, 0.3) is 0 Å². The predicted octanol–water partition coefficient (Wildman–Crippen LogP) is 9.01. The van der Waals surface area contributed by atoms with Gasteiger partial charge in [-0.15, -0.1) is 35.9 Å².